The van der Waals surface area contributed by atoms with Crippen LogP contribution in [-0.4, -0.2) is 33.4 Å². The number of aromatic nitrogens is 3. The molecule has 1 saturated heterocycles. The Hall–Kier alpha value is -1.21. The summed E-state index contributed by atoms with van der Waals surface area (Å²) in [6.45, 7) is 1.08. The van der Waals surface area contributed by atoms with Gasteiger partial charge in [-0.15, -0.1) is 0 Å². The van der Waals surface area contributed by atoms with Crippen molar-refractivity contribution in [3.8, 4) is 0 Å². The van der Waals surface area contributed by atoms with Crippen molar-refractivity contribution in [2.24, 2.45) is 0 Å². The van der Waals surface area contributed by atoms with Gasteiger partial charge in [-0.1, -0.05) is 0 Å². The number of ether oxygens (including phenoxy) is 1. The van der Waals surface area contributed by atoms with Gasteiger partial charge in [-0.05, 0) is 37.9 Å². The van der Waals surface area contributed by atoms with Gasteiger partial charge < -0.3 is 10.1 Å². The summed E-state index contributed by atoms with van der Waals surface area (Å²) in [5, 5.41) is 9.81. The smallest absolute Gasteiger partial charge is 0.249 e. The average molecular weight is 268 g/mol. The largest absolute Gasteiger partial charge is 0.368 e. The molecular weight excluding hydrogens is 252 g/mol. The summed E-state index contributed by atoms with van der Waals surface area (Å²) in [5.41, 5.74) is 0. The molecule has 7 heteroatoms. The lowest BCUT2D eigenvalue weighted by molar-refractivity contribution is -0.130. The predicted molar refractivity (Wildman–Crippen MR) is 66.5 cm³/mol. The minimum Gasteiger partial charge on any atom is -0.368 e. The molecule has 1 aliphatic carbocycles. The second-order valence-corrected chi connectivity index (χ2v) is 5.15. The van der Waals surface area contributed by atoms with Crippen LogP contribution in [0.2, 0.25) is 0 Å². The first-order chi connectivity index (χ1) is 8.75. The summed E-state index contributed by atoms with van der Waals surface area (Å²) in [6, 6.07) is 0.464. The number of hydrogen-bond acceptors (Lipinski definition) is 4. The van der Waals surface area contributed by atoms with Gasteiger partial charge in [0.2, 0.25) is 5.91 Å². The SMILES string of the molecule is O=C(NCc1n[nH]c(=S)n1C1CC1)[C@@H]1CCCO1. The summed E-state index contributed by atoms with van der Waals surface area (Å²) < 4.78 is 7.97. The number of nitrogens with zero attached hydrogens (tertiary/aromatic N) is 2. The fourth-order valence-electron chi connectivity index (χ4n) is 2.24. The summed E-state index contributed by atoms with van der Waals surface area (Å²) >= 11 is 5.18. The first kappa shape index (κ1) is 11.9. The highest BCUT2D eigenvalue weighted by atomic mass is 32.1. The molecule has 0 bridgehead atoms. The Morgan fingerprint density at radius 2 is 2.39 bits per heavy atom. The Balaban J connectivity index is 1.62. The molecule has 1 aromatic rings. The highest BCUT2D eigenvalue weighted by molar-refractivity contribution is 7.71. The van der Waals surface area contributed by atoms with E-state index in [2.05, 4.69) is 15.5 Å². The second-order valence-electron chi connectivity index (χ2n) is 4.77. The van der Waals surface area contributed by atoms with Gasteiger partial charge in [0.05, 0.1) is 6.54 Å². The van der Waals surface area contributed by atoms with Crippen LogP contribution in [-0.2, 0) is 16.1 Å². The number of carbonyl (C=O) groups excluding carboxylic acids is 1. The van der Waals surface area contributed by atoms with Crippen LogP contribution in [0.1, 0.15) is 37.5 Å². The molecule has 6 nitrogen and oxygen atoms in total. The normalized spacial score (nSPS) is 23.2. The molecule has 0 aromatic carbocycles. The van der Waals surface area contributed by atoms with E-state index in [1.807, 2.05) is 4.57 Å². The molecule has 2 heterocycles. The molecule has 1 aliphatic heterocycles. The number of aromatic amines is 1. The Kier molecular flexibility index (Phi) is 3.17. The Bertz CT molecular complexity index is 499. The molecule has 18 heavy (non-hydrogen) atoms. The van der Waals surface area contributed by atoms with Crippen LogP contribution in [0.4, 0.5) is 0 Å². The van der Waals surface area contributed by atoms with E-state index in [0.717, 1.165) is 31.5 Å². The lowest BCUT2D eigenvalue weighted by atomic mass is 10.2. The van der Waals surface area contributed by atoms with E-state index in [0.29, 0.717) is 24.0 Å². The maximum absolute atomic E-state index is 11.8. The molecule has 0 spiro atoms. The fraction of sp³-hybridized carbons (Fsp3) is 0.727. The van der Waals surface area contributed by atoms with Crippen molar-refractivity contribution in [2.75, 3.05) is 6.61 Å². The van der Waals surface area contributed by atoms with Crippen molar-refractivity contribution in [1.29, 1.82) is 0 Å². The molecule has 1 atom stereocenters. The first-order valence-corrected chi connectivity index (χ1v) is 6.71. The molecule has 1 aromatic heterocycles. The molecule has 3 rings (SSSR count). The highest BCUT2D eigenvalue weighted by Crippen LogP contribution is 2.35. The van der Waals surface area contributed by atoms with E-state index in [4.69, 9.17) is 17.0 Å². The zero-order chi connectivity index (χ0) is 12.5. The predicted octanol–water partition coefficient (Wildman–Crippen LogP) is 1.07. The van der Waals surface area contributed by atoms with Gasteiger partial charge in [0.1, 0.15) is 6.10 Å². The summed E-state index contributed by atoms with van der Waals surface area (Å²) in [5.74, 6) is 0.748. The minimum atomic E-state index is -0.290. The van der Waals surface area contributed by atoms with Gasteiger partial charge in [-0.2, -0.15) is 5.10 Å². The van der Waals surface area contributed by atoms with E-state index in [9.17, 15) is 4.79 Å². The van der Waals surface area contributed by atoms with Crippen LogP contribution in [0.15, 0.2) is 0 Å². The van der Waals surface area contributed by atoms with E-state index < -0.39 is 0 Å². The van der Waals surface area contributed by atoms with Gasteiger partial charge in [0.25, 0.3) is 0 Å². The topological polar surface area (TPSA) is 71.9 Å². The third-order valence-electron chi connectivity index (χ3n) is 3.33. The van der Waals surface area contributed by atoms with E-state index in [-0.39, 0.29) is 12.0 Å². The number of nitrogens with one attached hydrogen (secondary N) is 2. The van der Waals surface area contributed by atoms with E-state index in [1.54, 1.807) is 0 Å². The van der Waals surface area contributed by atoms with Crippen molar-refractivity contribution >= 4 is 18.1 Å². The van der Waals surface area contributed by atoms with Crippen LogP contribution in [0.3, 0.4) is 0 Å². The summed E-state index contributed by atoms with van der Waals surface area (Å²) in [7, 11) is 0. The lowest BCUT2D eigenvalue weighted by Crippen LogP contribution is -2.34. The van der Waals surface area contributed by atoms with Crippen LogP contribution >= 0.6 is 12.2 Å². The fourth-order valence-corrected chi connectivity index (χ4v) is 2.54. The second kappa shape index (κ2) is 4.81. The Morgan fingerprint density at radius 3 is 3.06 bits per heavy atom. The highest BCUT2D eigenvalue weighted by Gasteiger charge is 2.28. The molecule has 1 amide bonds. The van der Waals surface area contributed by atoms with Gasteiger partial charge in [-0.25, -0.2) is 0 Å². The molecule has 0 unspecified atom stereocenters. The van der Waals surface area contributed by atoms with Crippen molar-refractivity contribution in [3.05, 3.63) is 10.6 Å². The third-order valence-corrected chi connectivity index (χ3v) is 3.62. The standard InChI is InChI=1S/C11H16N4O2S/c16-10(8-2-1-5-17-8)12-6-9-13-14-11(18)15(9)7-3-4-7/h7-8H,1-6H2,(H,12,16)(H,14,18)/t8-/m0/s1. The van der Waals surface area contributed by atoms with Crippen LogP contribution in [0.25, 0.3) is 0 Å². The summed E-state index contributed by atoms with van der Waals surface area (Å²) in [6.07, 6.45) is 3.75. The Labute approximate surface area is 110 Å². The number of carbonyl (C=O) groups is 1. The van der Waals surface area contributed by atoms with Gasteiger partial charge >= 0.3 is 0 Å². The van der Waals surface area contributed by atoms with Crippen molar-refractivity contribution < 1.29 is 9.53 Å². The number of H-pyrrole nitrogens is 1. The first-order valence-electron chi connectivity index (χ1n) is 6.31. The quantitative estimate of drug-likeness (QED) is 0.801. The summed E-state index contributed by atoms with van der Waals surface area (Å²) in [4.78, 5) is 11.8. The molecule has 2 aliphatic rings. The van der Waals surface area contributed by atoms with Crippen LogP contribution in [0.5, 0.6) is 0 Å². The van der Waals surface area contributed by atoms with E-state index in [1.165, 1.54) is 0 Å². The number of amides is 1. The molecule has 2 fully saturated rings. The maximum atomic E-state index is 11.8. The zero-order valence-electron chi connectivity index (χ0n) is 10.0. The number of hydrogen-bond donors (Lipinski definition) is 2. The molecule has 98 valence electrons. The monoisotopic (exact) mass is 268 g/mol. The van der Waals surface area contributed by atoms with Crippen LogP contribution < -0.4 is 5.32 Å². The van der Waals surface area contributed by atoms with Gasteiger partial charge in [0.15, 0.2) is 10.6 Å². The minimum absolute atomic E-state index is 0.0521. The van der Waals surface area contributed by atoms with E-state index >= 15 is 0 Å². The Morgan fingerprint density at radius 1 is 1.56 bits per heavy atom. The molecular formula is C11H16N4O2S. The van der Waals surface area contributed by atoms with Gasteiger partial charge in [-0.3, -0.25) is 14.5 Å². The van der Waals surface area contributed by atoms with Crippen LogP contribution in [0, 0.1) is 4.77 Å². The average Bonchev–Trinajstić information content (AvgIpc) is 2.92. The third kappa shape index (κ3) is 2.32. The zero-order valence-corrected chi connectivity index (χ0v) is 10.8. The van der Waals surface area contributed by atoms with Gasteiger partial charge in [0, 0.05) is 12.6 Å². The lowest BCUT2D eigenvalue weighted by Gasteiger charge is -2.10. The molecule has 2 N–H and O–H groups in total. The molecule has 0 radical (unpaired) electrons. The van der Waals surface area contributed by atoms with Crippen molar-refractivity contribution in [2.45, 2.75) is 44.4 Å². The van der Waals surface area contributed by atoms with Crippen molar-refractivity contribution in [1.82, 2.24) is 20.1 Å². The number of rotatable bonds is 4. The van der Waals surface area contributed by atoms with Crippen molar-refractivity contribution in [3.63, 3.8) is 0 Å². The molecule has 1 saturated carbocycles. The maximum Gasteiger partial charge on any atom is 0.249 e.